The van der Waals surface area contributed by atoms with Crippen LogP contribution in [0.25, 0.3) is 11.0 Å². The van der Waals surface area contributed by atoms with E-state index in [1.54, 1.807) is 20.4 Å². The van der Waals surface area contributed by atoms with E-state index in [2.05, 4.69) is 20.1 Å². The summed E-state index contributed by atoms with van der Waals surface area (Å²) in [5, 5.41) is 4.16. The maximum Gasteiger partial charge on any atom is 0.253 e. The van der Waals surface area contributed by atoms with Crippen molar-refractivity contribution in [2.75, 3.05) is 26.8 Å². The summed E-state index contributed by atoms with van der Waals surface area (Å²) in [4.78, 5) is 26.6. The summed E-state index contributed by atoms with van der Waals surface area (Å²) in [7, 11) is 1.69. The van der Waals surface area contributed by atoms with Gasteiger partial charge in [0.05, 0.1) is 17.4 Å². The molecule has 1 N–H and O–H groups in total. The van der Waals surface area contributed by atoms with Gasteiger partial charge in [-0.1, -0.05) is 5.16 Å². The van der Waals surface area contributed by atoms with Gasteiger partial charge in [0.25, 0.3) is 5.91 Å². The number of hydrogen-bond donors (Lipinski definition) is 1. The molecule has 3 heterocycles. The molecule has 0 unspecified atom stereocenters. The molecule has 0 radical (unpaired) electrons. The Morgan fingerprint density at radius 3 is 2.89 bits per heavy atom. The fraction of sp³-hybridized carbons (Fsp3) is 0.474. The Balaban J connectivity index is 1.51. The lowest BCUT2D eigenvalue weighted by Gasteiger charge is -2.39. The lowest BCUT2D eigenvalue weighted by molar-refractivity contribution is 0.0616. The van der Waals surface area contributed by atoms with Gasteiger partial charge in [0.2, 0.25) is 5.89 Å². The lowest BCUT2D eigenvalue weighted by atomic mass is 9.75. The first kappa shape index (κ1) is 17.7. The molecular formula is C19H23N5O3. The molecule has 0 aliphatic carbocycles. The third-order valence-corrected chi connectivity index (χ3v) is 5.46. The highest BCUT2D eigenvalue weighted by Crippen LogP contribution is 2.37. The van der Waals surface area contributed by atoms with Crippen LogP contribution in [0.15, 0.2) is 29.0 Å². The number of nitrogens with one attached hydrogen (secondary N) is 1. The maximum atomic E-state index is 12.9. The lowest BCUT2D eigenvalue weighted by Crippen LogP contribution is -2.46. The van der Waals surface area contributed by atoms with Crippen LogP contribution in [0, 0.1) is 6.92 Å². The molecule has 8 heteroatoms. The summed E-state index contributed by atoms with van der Waals surface area (Å²) >= 11 is 0. The molecule has 27 heavy (non-hydrogen) atoms. The van der Waals surface area contributed by atoms with Gasteiger partial charge in [-0.05, 0) is 37.5 Å². The van der Waals surface area contributed by atoms with E-state index in [1.165, 1.54) is 0 Å². The Morgan fingerprint density at radius 2 is 2.19 bits per heavy atom. The van der Waals surface area contributed by atoms with Crippen molar-refractivity contribution in [2.45, 2.75) is 31.6 Å². The molecule has 4 rings (SSSR count). The standard InChI is InChI=1S/C19H23N5O3/c1-13-22-18(23-27-13)19(7-10-26-2)5-8-24(9-6-19)17(25)14-3-4-15-16(11-14)21-12-20-15/h3-4,11-12H,5-10H2,1-2H3,(H,20,21). The number of piperidine rings is 1. The predicted octanol–water partition coefficient (Wildman–Crippen LogP) is 2.46. The Morgan fingerprint density at radius 1 is 1.37 bits per heavy atom. The van der Waals surface area contributed by atoms with Gasteiger partial charge in [-0.25, -0.2) is 4.98 Å². The van der Waals surface area contributed by atoms with Gasteiger partial charge in [0, 0.05) is 44.7 Å². The average molecular weight is 369 g/mol. The first-order valence-electron chi connectivity index (χ1n) is 9.13. The van der Waals surface area contributed by atoms with Crippen LogP contribution >= 0.6 is 0 Å². The summed E-state index contributed by atoms with van der Waals surface area (Å²) in [6, 6.07) is 5.56. The van der Waals surface area contributed by atoms with E-state index in [0.717, 1.165) is 36.1 Å². The van der Waals surface area contributed by atoms with Gasteiger partial charge in [0.1, 0.15) is 0 Å². The number of H-pyrrole nitrogens is 1. The highest BCUT2D eigenvalue weighted by atomic mass is 16.5. The minimum Gasteiger partial charge on any atom is -0.385 e. The van der Waals surface area contributed by atoms with Crippen molar-refractivity contribution in [3.05, 3.63) is 41.8 Å². The smallest absolute Gasteiger partial charge is 0.253 e. The van der Waals surface area contributed by atoms with Crippen molar-refractivity contribution in [2.24, 2.45) is 0 Å². The van der Waals surface area contributed by atoms with Crippen molar-refractivity contribution < 1.29 is 14.1 Å². The number of aromatic nitrogens is 4. The van der Waals surface area contributed by atoms with Gasteiger partial charge < -0.3 is 19.1 Å². The first-order valence-corrected chi connectivity index (χ1v) is 9.13. The molecule has 0 saturated carbocycles. The Bertz CT molecular complexity index is 940. The zero-order valence-electron chi connectivity index (χ0n) is 15.6. The highest BCUT2D eigenvalue weighted by Gasteiger charge is 2.41. The van der Waals surface area contributed by atoms with Crippen LogP contribution in [0.4, 0.5) is 0 Å². The molecule has 1 aliphatic heterocycles. The summed E-state index contributed by atoms with van der Waals surface area (Å²) in [5.41, 5.74) is 2.19. The van der Waals surface area contributed by atoms with Crippen LogP contribution < -0.4 is 0 Å². The Kier molecular flexibility index (Phi) is 4.65. The number of ether oxygens (including phenoxy) is 1. The van der Waals surface area contributed by atoms with Crippen molar-refractivity contribution in [3.8, 4) is 0 Å². The van der Waals surface area contributed by atoms with Crippen molar-refractivity contribution in [3.63, 3.8) is 0 Å². The average Bonchev–Trinajstić information content (AvgIpc) is 3.34. The van der Waals surface area contributed by atoms with Crippen LogP contribution in [-0.2, 0) is 10.2 Å². The van der Waals surface area contributed by atoms with Crippen LogP contribution in [0.2, 0.25) is 0 Å². The van der Waals surface area contributed by atoms with Gasteiger partial charge in [-0.3, -0.25) is 4.79 Å². The van der Waals surface area contributed by atoms with E-state index < -0.39 is 0 Å². The highest BCUT2D eigenvalue weighted by molar-refractivity contribution is 5.97. The predicted molar refractivity (Wildman–Crippen MR) is 98.4 cm³/mol. The van der Waals surface area contributed by atoms with Crippen LogP contribution in [-0.4, -0.2) is 57.7 Å². The number of methoxy groups -OCH3 is 1. The monoisotopic (exact) mass is 369 g/mol. The number of fused-ring (bicyclic) bond motifs is 1. The molecule has 8 nitrogen and oxygen atoms in total. The fourth-order valence-electron chi connectivity index (χ4n) is 3.79. The topological polar surface area (TPSA) is 97.1 Å². The molecule has 1 aromatic carbocycles. The summed E-state index contributed by atoms with van der Waals surface area (Å²) < 4.78 is 10.5. The van der Waals surface area contributed by atoms with Crippen LogP contribution in [0.3, 0.4) is 0 Å². The second-order valence-electron chi connectivity index (χ2n) is 7.09. The molecule has 0 spiro atoms. The molecule has 1 fully saturated rings. The van der Waals surface area contributed by atoms with Gasteiger partial charge >= 0.3 is 0 Å². The van der Waals surface area contributed by atoms with Crippen LogP contribution in [0.1, 0.15) is 41.3 Å². The minimum absolute atomic E-state index is 0.0381. The molecule has 3 aromatic rings. The molecule has 1 saturated heterocycles. The maximum absolute atomic E-state index is 12.9. The zero-order valence-corrected chi connectivity index (χ0v) is 15.6. The number of hydrogen-bond acceptors (Lipinski definition) is 6. The van der Waals surface area contributed by atoms with Crippen molar-refractivity contribution in [1.82, 2.24) is 25.0 Å². The summed E-state index contributed by atoms with van der Waals surface area (Å²) in [6.45, 7) is 3.72. The van der Waals surface area contributed by atoms with Gasteiger partial charge in [0.15, 0.2) is 5.82 Å². The molecule has 1 aliphatic rings. The number of amides is 1. The number of nitrogens with zero attached hydrogens (tertiary/aromatic N) is 4. The number of carbonyl (C=O) groups excluding carboxylic acids is 1. The van der Waals surface area contributed by atoms with E-state index in [9.17, 15) is 4.79 Å². The Labute approximate surface area is 156 Å². The van der Waals surface area contributed by atoms with Crippen molar-refractivity contribution in [1.29, 1.82) is 0 Å². The Hall–Kier alpha value is -2.74. The number of imidazole rings is 1. The second-order valence-corrected chi connectivity index (χ2v) is 7.09. The van der Waals surface area contributed by atoms with E-state index in [-0.39, 0.29) is 11.3 Å². The van der Waals surface area contributed by atoms with E-state index in [1.807, 2.05) is 23.1 Å². The zero-order chi connectivity index (χ0) is 18.9. The SMILES string of the molecule is COCCC1(c2noc(C)n2)CCN(C(=O)c2ccc3nc[nH]c3c2)CC1. The molecular weight excluding hydrogens is 346 g/mol. The first-order chi connectivity index (χ1) is 13.1. The number of benzene rings is 1. The quantitative estimate of drug-likeness (QED) is 0.742. The third kappa shape index (κ3) is 3.32. The fourth-order valence-corrected chi connectivity index (χ4v) is 3.79. The van der Waals surface area contributed by atoms with Crippen LogP contribution in [0.5, 0.6) is 0 Å². The summed E-state index contributed by atoms with van der Waals surface area (Å²) in [6.07, 6.45) is 4.02. The van der Waals surface area contributed by atoms with E-state index in [4.69, 9.17) is 9.26 Å². The molecule has 0 atom stereocenters. The second kappa shape index (κ2) is 7.11. The number of aromatic amines is 1. The van der Waals surface area contributed by atoms with E-state index >= 15 is 0 Å². The number of aryl methyl sites for hydroxylation is 1. The summed E-state index contributed by atoms with van der Waals surface area (Å²) in [5.74, 6) is 1.33. The molecule has 0 bridgehead atoms. The number of likely N-dealkylation sites (tertiary alicyclic amines) is 1. The van der Waals surface area contributed by atoms with Gasteiger partial charge in [-0.15, -0.1) is 0 Å². The third-order valence-electron chi connectivity index (χ3n) is 5.46. The number of rotatable bonds is 5. The van der Waals surface area contributed by atoms with E-state index in [0.29, 0.717) is 31.2 Å². The molecule has 142 valence electrons. The largest absolute Gasteiger partial charge is 0.385 e. The number of carbonyl (C=O) groups is 1. The minimum atomic E-state index is -0.210. The normalized spacial score (nSPS) is 16.7. The molecule has 1 amide bonds. The van der Waals surface area contributed by atoms with Crippen molar-refractivity contribution >= 4 is 16.9 Å². The van der Waals surface area contributed by atoms with Gasteiger partial charge in [-0.2, -0.15) is 4.98 Å². The molecule has 2 aromatic heterocycles.